The van der Waals surface area contributed by atoms with Crippen LogP contribution in [-0.4, -0.2) is 34.5 Å². The third-order valence-corrected chi connectivity index (χ3v) is 4.50. The lowest BCUT2D eigenvalue weighted by molar-refractivity contribution is -0.147. The van der Waals surface area contributed by atoms with E-state index in [9.17, 15) is 14.7 Å². The topological polar surface area (TPSA) is 66.8 Å². The molecule has 2 aromatic carbocycles. The van der Waals surface area contributed by atoms with Crippen molar-refractivity contribution in [3.8, 4) is 0 Å². The summed E-state index contributed by atoms with van der Waals surface area (Å²) in [6.45, 7) is 2.64. The summed E-state index contributed by atoms with van der Waals surface area (Å²) in [5.74, 6) is -1.80. The molecule has 2 unspecified atom stereocenters. The van der Waals surface area contributed by atoms with Crippen LogP contribution in [0.4, 0.5) is 0 Å². The van der Waals surface area contributed by atoms with Crippen molar-refractivity contribution >= 4 is 11.9 Å². The fourth-order valence-electron chi connectivity index (χ4n) is 3.11. The number of aliphatic carboxylic acids is 1. The van der Waals surface area contributed by atoms with Crippen molar-refractivity contribution in [1.29, 1.82) is 0 Å². The molecule has 130 valence electrons. The molecule has 2 aromatic rings. The minimum atomic E-state index is -0.914. The van der Waals surface area contributed by atoms with Crippen LogP contribution >= 0.6 is 0 Å². The summed E-state index contributed by atoms with van der Waals surface area (Å²) < 4.78 is 5.69. The van der Waals surface area contributed by atoms with E-state index in [1.165, 1.54) is 0 Å². The van der Waals surface area contributed by atoms with Gasteiger partial charge < -0.3 is 14.7 Å². The fourth-order valence-corrected chi connectivity index (χ4v) is 3.11. The smallest absolute Gasteiger partial charge is 0.312 e. The Morgan fingerprint density at radius 2 is 1.84 bits per heavy atom. The Morgan fingerprint density at radius 3 is 2.56 bits per heavy atom. The Balaban J connectivity index is 1.69. The van der Waals surface area contributed by atoms with Crippen LogP contribution in [0.25, 0.3) is 0 Å². The Kier molecular flexibility index (Phi) is 5.14. The van der Waals surface area contributed by atoms with Gasteiger partial charge in [0.05, 0.1) is 12.5 Å². The zero-order valence-electron chi connectivity index (χ0n) is 14.1. The predicted octanol–water partition coefficient (Wildman–Crippen LogP) is 2.80. The predicted molar refractivity (Wildman–Crippen MR) is 92.9 cm³/mol. The summed E-state index contributed by atoms with van der Waals surface area (Å²) >= 11 is 0. The number of carboxylic acid groups (broad SMARTS) is 1. The van der Waals surface area contributed by atoms with E-state index in [1.807, 2.05) is 54.6 Å². The van der Waals surface area contributed by atoms with Crippen LogP contribution in [-0.2, 0) is 27.5 Å². The largest absolute Gasteiger partial charge is 0.481 e. The number of benzene rings is 2. The summed E-state index contributed by atoms with van der Waals surface area (Å²) in [4.78, 5) is 25.9. The number of nitrogens with zero attached hydrogens (tertiary/aromatic N) is 1. The summed E-state index contributed by atoms with van der Waals surface area (Å²) in [6.07, 6.45) is -0.625. The van der Waals surface area contributed by atoms with Gasteiger partial charge in [-0.15, -0.1) is 0 Å². The number of amides is 1. The highest BCUT2D eigenvalue weighted by atomic mass is 16.5. The summed E-state index contributed by atoms with van der Waals surface area (Å²) in [5.41, 5.74) is 2.66. The second-order valence-electron chi connectivity index (χ2n) is 6.25. The van der Waals surface area contributed by atoms with Crippen LogP contribution in [0, 0.1) is 0 Å². The number of carboxylic acids is 1. The SMILES string of the molecule is CC(OCc1ccccc1)C(=O)N1Cc2ccccc2C(C(=O)O)C1. The Bertz CT molecular complexity index is 759. The zero-order chi connectivity index (χ0) is 17.8. The van der Waals surface area contributed by atoms with Crippen molar-refractivity contribution in [2.45, 2.75) is 32.1 Å². The highest BCUT2D eigenvalue weighted by molar-refractivity contribution is 5.83. The molecule has 5 heteroatoms. The number of carbonyl (C=O) groups is 2. The Hall–Kier alpha value is -2.66. The van der Waals surface area contributed by atoms with E-state index in [0.29, 0.717) is 13.2 Å². The number of hydrogen-bond donors (Lipinski definition) is 1. The first-order chi connectivity index (χ1) is 12.1. The molecule has 25 heavy (non-hydrogen) atoms. The van der Waals surface area contributed by atoms with Crippen LogP contribution in [0.15, 0.2) is 54.6 Å². The highest BCUT2D eigenvalue weighted by Gasteiger charge is 2.34. The van der Waals surface area contributed by atoms with Gasteiger partial charge in [0.1, 0.15) is 6.10 Å². The summed E-state index contributed by atoms with van der Waals surface area (Å²) in [5, 5.41) is 9.51. The third kappa shape index (κ3) is 3.88. The molecule has 1 N–H and O–H groups in total. The number of rotatable bonds is 5. The second kappa shape index (κ2) is 7.49. The van der Waals surface area contributed by atoms with Crippen LogP contribution in [0.5, 0.6) is 0 Å². The van der Waals surface area contributed by atoms with E-state index in [1.54, 1.807) is 11.8 Å². The molecule has 1 aliphatic heterocycles. The van der Waals surface area contributed by atoms with Crippen LogP contribution < -0.4 is 0 Å². The average molecular weight is 339 g/mol. The van der Waals surface area contributed by atoms with Gasteiger partial charge in [-0.05, 0) is 23.6 Å². The number of carbonyl (C=O) groups excluding carboxylic acids is 1. The van der Waals surface area contributed by atoms with Gasteiger partial charge in [-0.1, -0.05) is 54.6 Å². The lowest BCUT2D eigenvalue weighted by Gasteiger charge is -2.34. The van der Waals surface area contributed by atoms with Gasteiger partial charge in [0.25, 0.3) is 5.91 Å². The maximum Gasteiger partial charge on any atom is 0.312 e. The first-order valence-corrected chi connectivity index (χ1v) is 8.31. The van der Waals surface area contributed by atoms with Crippen LogP contribution in [0.1, 0.15) is 29.5 Å². The van der Waals surface area contributed by atoms with Gasteiger partial charge in [-0.2, -0.15) is 0 Å². The third-order valence-electron chi connectivity index (χ3n) is 4.50. The molecule has 2 atom stereocenters. The van der Waals surface area contributed by atoms with Crippen molar-refractivity contribution in [3.63, 3.8) is 0 Å². The standard InChI is InChI=1S/C20H21NO4/c1-14(25-13-15-7-3-2-4-8-15)19(22)21-11-16-9-5-6-10-17(16)18(12-21)20(23)24/h2-10,14,18H,11-13H2,1H3,(H,23,24). The summed E-state index contributed by atoms with van der Waals surface area (Å²) in [7, 11) is 0. The van der Waals surface area contributed by atoms with Crippen molar-refractivity contribution in [3.05, 3.63) is 71.3 Å². The Labute approximate surface area is 146 Å². The van der Waals surface area contributed by atoms with Gasteiger partial charge in [0, 0.05) is 13.1 Å². The van der Waals surface area contributed by atoms with Crippen molar-refractivity contribution in [2.75, 3.05) is 6.54 Å². The van der Waals surface area contributed by atoms with Gasteiger partial charge in [-0.25, -0.2) is 0 Å². The molecular formula is C20H21NO4. The highest BCUT2D eigenvalue weighted by Crippen LogP contribution is 2.29. The number of ether oxygens (including phenoxy) is 1. The first-order valence-electron chi connectivity index (χ1n) is 8.31. The molecule has 0 saturated carbocycles. The van der Waals surface area contributed by atoms with E-state index in [0.717, 1.165) is 16.7 Å². The van der Waals surface area contributed by atoms with Gasteiger partial charge in [0.2, 0.25) is 0 Å². The minimum absolute atomic E-state index is 0.171. The molecule has 0 aromatic heterocycles. The molecule has 0 aliphatic carbocycles. The summed E-state index contributed by atoms with van der Waals surface area (Å²) in [6, 6.07) is 17.0. The monoisotopic (exact) mass is 339 g/mol. The maximum absolute atomic E-state index is 12.7. The van der Waals surface area contributed by atoms with E-state index < -0.39 is 18.0 Å². The molecule has 0 radical (unpaired) electrons. The molecule has 0 spiro atoms. The van der Waals surface area contributed by atoms with Gasteiger partial charge in [-0.3, -0.25) is 9.59 Å². The molecule has 0 bridgehead atoms. The fraction of sp³-hybridized carbons (Fsp3) is 0.300. The molecule has 5 nitrogen and oxygen atoms in total. The van der Waals surface area contributed by atoms with Crippen LogP contribution in [0.2, 0.25) is 0 Å². The lowest BCUT2D eigenvalue weighted by Crippen LogP contribution is -2.45. The van der Waals surface area contributed by atoms with E-state index >= 15 is 0 Å². The Morgan fingerprint density at radius 1 is 1.16 bits per heavy atom. The van der Waals surface area contributed by atoms with Crippen molar-refractivity contribution < 1.29 is 19.4 Å². The second-order valence-corrected chi connectivity index (χ2v) is 6.25. The molecular weight excluding hydrogens is 318 g/mol. The van der Waals surface area contributed by atoms with E-state index in [2.05, 4.69) is 0 Å². The van der Waals surface area contributed by atoms with Gasteiger partial charge in [0.15, 0.2) is 0 Å². The van der Waals surface area contributed by atoms with Crippen molar-refractivity contribution in [1.82, 2.24) is 4.90 Å². The number of hydrogen-bond acceptors (Lipinski definition) is 3. The normalized spacial score (nSPS) is 17.6. The molecule has 1 amide bonds. The quantitative estimate of drug-likeness (QED) is 0.910. The lowest BCUT2D eigenvalue weighted by atomic mass is 9.89. The van der Waals surface area contributed by atoms with Crippen molar-refractivity contribution in [2.24, 2.45) is 0 Å². The zero-order valence-corrected chi connectivity index (χ0v) is 14.1. The average Bonchev–Trinajstić information content (AvgIpc) is 2.65. The maximum atomic E-state index is 12.7. The molecule has 1 aliphatic rings. The minimum Gasteiger partial charge on any atom is -0.481 e. The molecule has 0 fully saturated rings. The molecule has 0 saturated heterocycles. The van der Waals surface area contributed by atoms with Gasteiger partial charge >= 0.3 is 5.97 Å². The van der Waals surface area contributed by atoms with E-state index in [4.69, 9.17) is 4.74 Å². The molecule has 1 heterocycles. The molecule has 3 rings (SSSR count). The first kappa shape index (κ1) is 17.2. The van der Waals surface area contributed by atoms with Crippen LogP contribution in [0.3, 0.4) is 0 Å². The van der Waals surface area contributed by atoms with E-state index in [-0.39, 0.29) is 12.5 Å². The number of fused-ring (bicyclic) bond motifs is 1.